The van der Waals surface area contributed by atoms with Crippen LogP contribution in [-0.4, -0.2) is 111 Å². The molecule has 73 heavy (non-hydrogen) atoms. The van der Waals surface area contributed by atoms with Crippen molar-refractivity contribution in [3.8, 4) is 0 Å². The van der Waals surface area contributed by atoms with Gasteiger partial charge in [0.1, 0.15) is 0 Å². The standard InChI is InChI=1S/C60H67Cl2N5O6/c1-65-46-28-29-47(65)38-48(37-46)66-32-34-67(35-33-66)53(68)39-52-56(59(70)72-3)57(54-49(61)25-15-26-50(54)62)55(58(69)71-2)51(64-52)30-27-41-17-13-14-18-42(41)40-73-36-16-31-63-60(43-19-7-4-8-20-43,44-21-9-5-10-22-44)45-23-11-6-12-24-45/h4-15,17-26,46-48,57,63-64H,16,27-40H2,1-3H3. The average molecular weight is 1030 g/mol. The van der Waals surface area contributed by atoms with E-state index in [-0.39, 0.29) is 33.5 Å². The second kappa shape index (κ2) is 24.0. The van der Waals surface area contributed by atoms with Gasteiger partial charge in [-0.2, -0.15) is 0 Å². The number of rotatable bonds is 19. The first kappa shape index (κ1) is 52.1. The number of esters is 2. The Bertz CT molecular complexity index is 2650. The smallest absolute Gasteiger partial charge is 0.336 e. The van der Waals surface area contributed by atoms with Crippen molar-refractivity contribution in [2.45, 2.75) is 87.6 Å². The number of piperazine rings is 1. The Morgan fingerprint density at radius 2 is 1.16 bits per heavy atom. The van der Waals surface area contributed by atoms with E-state index in [0.717, 1.165) is 47.3 Å². The van der Waals surface area contributed by atoms with E-state index in [1.165, 1.54) is 39.9 Å². The quantitative estimate of drug-likeness (QED) is 0.0471. The van der Waals surface area contributed by atoms with Crippen LogP contribution in [0.15, 0.2) is 156 Å². The molecule has 1 amide bonds. The molecule has 4 aliphatic heterocycles. The normalized spacial score (nSPS) is 20.5. The number of ether oxygens (including phenoxy) is 3. The van der Waals surface area contributed by atoms with E-state index >= 15 is 0 Å². The van der Waals surface area contributed by atoms with Crippen LogP contribution in [0.25, 0.3) is 0 Å². The number of dihydropyridines is 1. The number of hydrogen-bond donors (Lipinski definition) is 2. The van der Waals surface area contributed by atoms with E-state index in [1.807, 2.05) is 35.2 Å². The summed E-state index contributed by atoms with van der Waals surface area (Å²) in [6.07, 6.45) is 6.31. The van der Waals surface area contributed by atoms with Gasteiger partial charge in [0, 0.05) is 77.9 Å². The van der Waals surface area contributed by atoms with Gasteiger partial charge in [-0.3, -0.25) is 15.0 Å². The van der Waals surface area contributed by atoms with Crippen molar-refractivity contribution in [1.29, 1.82) is 0 Å². The van der Waals surface area contributed by atoms with Gasteiger partial charge in [-0.15, -0.1) is 0 Å². The molecule has 2 N–H and O–H groups in total. The molecule has 382 valence electrons. The second-order valence-corrected chi connectivity index (χ2v) is 20.5. The number of nitrogens with zero attached hydrogens (tertiary/aromatic N) is 3. The average Bonchev–Trinajstić information content (AvgIpc) is 3.60. The van der Waals surface area contributed by atoms with Gasteiger partial charge in [0.2, 0.25) is 5.91 Å². The van der Waals surface area contributed by atoms with Gasteiger partial charge in [-0.05, 0) is 98.5 Å². The highest BCUT2D eigenvalue weighted by Gasteiger charge is 2.44. The van der Waals surface area contributed by atoms with Crippen LogP contribution in [0.1, 0.15) is 84.2 Å². The van der Waals surface area contributed by atoms with Crippen LogP contribution >= 0.6 is 23.2 Å². The number of aryl methyl sites for hydroxylation is 1. The van der Waals surface area contributed by atoms with Crippen molar-refractivity contribution in [3.05, 3.63) is 199 Å². The van der Waals surface area contributed by atoms with E-state index in [0.29, 0.717) is 80.8 Å². The molecular weight excluding hydrogens is 958 g/mol. The SMILES string of the molecule is COC(=O)C1=C(CCc2ccccc2COCCCNC(c2ccccc2)(c2ccccc2)c2ccccc2)NC(CC(=O)N2CCN(C3CC4CCC(C3)N4C)CC2)=C(C(=O)OC)C1c1c(Cl)cccc1Cl. The van der Waals surface area contributed by atoms with Crippen LogP contribution in [0.5, 0.6) is 0 Å². The summed E-state index contributed by atoms with van der Waals surface area (Å²) in [5, 5.41) is 7.92. The molecule has 4 aliphatic rings. The molecular formula is C60H67Cl2N5O6. The molecule has 3 atom stereocenters. The summed E-state index contributed by atoms with van der Waals surface area (Å²) in [5.41, 5.74) is 6.39. The van der Waals surface area contributed by atoms with Crippen molar-refractivity contribution in [2.24, 2.45) is 0 Å². The maximum Gasteiger partial charge on any atom is 0.336 e. The summed E-state index contributed by atoms with van der Waals surface area (Å²) in [7, 11) is 4.85. The van der Waals surface area contributed by atoms with Gasteiger partial charge in [0.05, 0.1) is 49.9 Å². The molecule has 3 saturated heterocycles. The zero-order chi connectivity index (χ0) is 50.9. The molecule has 4 heterocycles. The lowest BCUT2D eigenvalue weighted by atomic mass is 9.77. The first-order chi connectivity index (χ1) is 35.6. The molecule has 9 rings (SSSR count). The van der Waals surface area contributed by atoms with E-state index in [2.05, 4.69) is 112 Å². The number of allylic oxidation sites excluding steroid dienone is 1. The lowest BCUT2D eigenvalue weighted by Gasteiger charge is -2.45. The molecule has 3 unspecified atom stereocenters. The Hall–Kier alpha value is -5.79. The van der Waals surface area contributed by atoms with Crippen molar-refractivity contribution < 1.29 is 28.6 Å². The molecule has 0 radical (unpaired) electrons. The third kappa shape index (κ3) is 11.3. The van der Waals surface area contributed by atoms with E-state index in [4.69, 9.17) is 37.4 Å². The minimum Gasteiger partial charge on any atom is -0.466 e. The molecule has 3 fully saturated rings. The van der Waals surface area contributed by atoms with Crippen LogP contribution in [0, 0.1) is 0 Å². The minimum atomic E-state index is -1.09. The topological polar surface area (TPSA) is 113 Å². The Balaban J connectivity index is 0.917. The van der Waals surface area contributed by atoms with Crippen molar-refractivity contribution in [1.82, 2.24) is 25.3 Å². The highest BCUT2D eigenvalue weighted by atomic mass is 35.5. The minimum absolute atomic E-state index is 0.0901. The molecule has 0 aromatic heterocycles. The largest absolute Gasteiger partial charge is 0.466 e. The van der Waals surface area contributed by atoms with Gasteiger partial charge >= 0.3 is 11.9 Å². The number of carbonyl (C=O) groups excluding carboxylic acids is 3. The number of methoxy groups -OCH3 is 2. The third-order valence-corrected chi connectivity index (χ3v) is 16.4. The maximum atomic E-state index is 14.4. The summed E-state index contributed by atoms with van der Waals surface area (Å²) in [5.74, 6) is -2.58. The lowest BCUT2D eigenvalue weighted by Crippen LogP contribution is -2.56. The fourth-order valence-corrected chi connectivity index (χ4v) is 12.5. The summed E-state index contributed by atoms with van der Waals surface area (Å²) < 4.78 is 17.3. The van der Waals surface area contributed by atoms with E-state index < -0.39 is 23.4 Å². The first-order valence-corrected chi connectivity index (χ1v) is 26.5. The van der Waals surface area contributed by atoms with E-state index in [1.54, 1.807) is 18.2 Å². The molecule has 5 aromatic carbocycles. The van der Waals surface area contributed by atoms with Crippen molar-refractivity contribution >= 4 is 41.0 Å². The molecule has 0 spiro atoms. The number of nitrogens with one attached hydrogen (secondary N) is 2. The van der Waals surface area contributed by atoms with Crippen LogP contribution in [0.2, 0.25) is 10.0 Å². The maximum absolute atomic E-state index is 14.4. The highest BCUT2D eigenvalue weighted by molar-refractivity contribution is 6.36. The molecule has 0 aliphatic carbocycles. The predicted molar refractivity (Wildman–Crippen MR) is 287 cm³/mol. The van der Waals surface area contributed by atoms with Gasteiger partial charge in [0.15, 0.2) is 0 Å². The van der Waals surface area contributed by atoms with Gasteiger partial charge in [-0.25, -0.2) is 9.59 Å². The number of benzene rings is 5. The number of halogens is 2. The third-order valence-electron chi connectivity index (χ3n) is 15.7. The zero-order valence-electron chi connectivity index (χ0n) is 42.2. The molecule has 5 aromatic rings. The van der Waals surface area contributed by atoms with Gasteiger partial charge in [-0.1, -0.05) is 145 Å². The Morgan fingerprint density at radius 1 is 0.644 bits per heavy atom. The first-order valence-electron chi connectivity index (χ1n) is 25.7. The summed E-state index contributed by atoms with van der Waals surface area (Å²) in [4.78, 5) is 49.7. The van der Waals surface area contributed by atoms with Crippen molar-refractivity contribution in [3.63, 3.8) is 0 Å². The number of amides is 1. The van der Waals surface area contributed by atoms with E-state index in [9.17, 15) is 14.4 Å². The number of carbonyl (C=O) groups is 3. The number of hydrogen-bond acceptors (Lipinski definition) is 10. The lowest BCUT2D eigenvalue weighted by molar-refractivity contribution is -0.137. The van der Waals surface area contributed by atoms with Crippen LogP contribution in [0.3, 0.4) is 0 Å². The second-order valence-electron chi connectivity index (χ2n) is 19.7. The monoisotopic (exact) mass is 1020 g/mol. The molecule has 13 heteroatoms. The Kier molecular flexibility index (Phi) is 17.2. The molecule has 2 bridgehead atoms. The Morgan fingerprint density at radius 3 is 1.71 bits per heavy atom. The number of fused-ring (bicyclic) bond motifs is 2. The number of piperidine rings is 1. The van der Waals surface area contributed by atoms with Gasteiger partial charge < -0.3 is 29.3 Å². The fourth-order valence-electron chi connectivity index (χ4n) is 11.9. The van der Waals surface area contributed by atoms with Crippen LogP contribution in [-0.2, 0) is 47.2 Å². The fraction of sp³-hybridized carbons (Fsp3) is 0.383. The van der Waals surface area contributed by atoms with Gasteiger partial charge in [0.25, 0.3) is 0 Å². The van der Waals surface area contributed by atoms with Crippen molar-refractivity contribution in [2.75, 3.05) is 60.6 Å². The highest BCUT2D eigenvalue weighted by Crippen LogP contribution is 2.46. The predicted octanol–water partition coefficient (Wildman–Crippen LogP) is 9.82. The molecule has 0 saturated carbocycles. The summed E-state index contributed by atoms with van der Waals surface area (Å²) in [6, 6.07) is 46.7. The zero-order valence-corrected chi connectivity index (χ0v) is 43.7. The van der Waals surface area contributed by atoms with Crippen LogP contribution < -0.4 is 10.6 Å². The van der Waals surface area contributed by atoms with Crippen LogP contribution in [0.4, 0.5) is 0 Å². The summed E-state index contributed by atoms with van der Waals surface area (Å²) >= 11 is 13.9. The summed E-state index contributed by atoms with van der Waals surface area (Å²) in [6.45, 7) is 4.34. The Labute approximate surface area is 440 Å². The molecule has 11 nitrogen and oxygen atoms in total.